The van der Waals surface area contributed by atoms with Crippen LogP contribution in [-0.4, -0.2) is 31.2 Å². The Morgan fingerprint density at radius 1 is 1.44 bits per heavy atom. The minimum absolute atomic E-state index is 0.634. The zero-order valence-corrected chi connectivity index (χ0v) is 12.2. The predicted octanol–water partition coefficient (Wildman–Crippen LogP) is 2.90. The Labute approximate surface area is 114 Å². The van der Waals surface area contributed by atoms with E-state index >= 15 is 0 Å². The van der Waals surface area contributed by atoms with E-state index in [1.54, 1.807) is 0 Å². The van der Waals surface area contributed by atoms with Crippen LogP contribution >= 0.6 is 11.8 Å². The number of ether oxygens (including phenoxy) is 1. The van der Waals surface area contributed by atoms with Crippen LogP contribution in [0, 0.1) is 0 Å². The smallest absolute Gasteiger partial charge is 0.122 e. The first-order valence-electron chi connectivity index (χ1n) is 6.80. The molecule has 0 amide bonds. The fourth-order valence-corrected chi connectivity index (χ4v) is 3.16. The van der Waals surface area contributed by atoms with Gasteiger partial charge >= 0.3 is 0 Å². The number of rotatable bonds is 7. The highest BCUT2D eigenvalue weighted by Crippen LogP contribution is 2.26. The molecule has 1 atom stereocenters. The second-order valence-corrected chi connectivity index (χ2v) is 5.70. The number of hydrogen-bond acceptors (Lipinski definition) is 3. The molecule has 0 saturated carbocycles. The van der Waals surface area contributed by atoms with Gasteiger partial charge < -0.3 is 10.1 Å². The van der Waals surface area contributed by atoms with Crippen molar-refractivity contribution < 1.29 is 4.74 Å². The van der Waals surface area contributed by atoms with Crippen molar-refractivity contribution >= 4 is 11.8 Å². The molecule has 1 unspecified atom stereocenters. The SMILES string of the molecule is CCNC(CCc1ccc2c(c1)CCO2)CSC. The Balaban J connectivity index is 1.88. The Hall–Kier alpha value is -0.670. The molecule has 1 aliphatic heterocycles. The highest BCUT2D eigenvalue weighted by atomic mass is 32.2. The van der Waals surface area contributed by atoms with Crippen molar-refractivity contribution in [2.24, 2.45) is 0 Å². The highest BCUT2D eigenvalue weighted by molar-refractivity contribution is 7.98. The molecule has 1 N–H and O–H groups in total. The second kappa shape index (κ2) is 7.05. The van der Waals surface area contributed by atoms with Crippen molar-refractivity contribution in [1.82, 2.24) is 5.32 Å². The number of aryl methyl sites for hydroxylation is 1. The lowest BCUT2D eigenvalue weighted by Crippen LogP contribution is -2.31. The topological polar surface area (TPSA) is 21.3 Å². The first kappa shape index (κ1) is 13.8. The summed E-state index contributed by atoms with van der Waals surface area (Å²) >= 11 is 1.92. The van der Waals surface area contributed by atoms with E-state index < -0.39 is 0 Å². The highest BCUT2D eigenvalue weighted by Gasteiger charge is 2.13. The molecule has 0 radical (unpaired) electrons. The van der Waals surface area contributed by atoms with Gasteiger partial charge in [0.15, 0.2) is 0 Å². The van der Waals surface area contributed by atoms with E-state index in [2.05, 4.69) is 36.7 Å². The largest absolute Gasteiger partial charge is 0.493 e. The van der Waals surface area contributed by atoms with Crippen molar-refractivity contribution in [2.75, 3.05) is 25.2 Å². The molecule has 0 spiro atoms. The number of nitrogens with one attached hydrogen (secondary N) is 1. The lowest BCUT2D eigenvalue weighted by atomic mass is 10.0. The minimum Gasteiger partial charge on any atom is -0.493 e. The third kappa shape index (κ3) is 3.66. The number of benzene rings is 1. The van der Waals surface area contributed by atoms with Gasteiger partial charge in [-0.15, -0.1) is 0 Å². The van der Waals surface area contributed by atoms with Gasteiger partial charge in [0.25, 0.3) is 0 Å². The number of hydrogen-bond donors (Lipinski definition) is 1. The average molecular weight is 265 g/mol. The standard InChI is InChI=1S/C15H23NOS/c1-3-16-14(11-18-2)6-4-12-5-7-15-13(10-12)8-9-17-15/h5,7,10,14,16H,3-4,6,8-9,11H2,1-2H3. The van der Waals surface area contributed by atoms with Crippen LogP contribution in [0.2, 0.25) is 0 Å². The molecule has 1 aromatic rings. The van der Waals surface area contributed by atoms with Crippen LogP contribution in [0.15, 0.2) is 18.2 Å². The van der Waals surface area contributed by atoms with Gasteiger partial charge in [-0.1, -0.05) is 19.1 Å². The van der Waals surface area contributed by atoms with E-state index in [1.807, 2.05) is 11.8 Å². The zero-order chi connectivity index (χ0) is 12.8. The van der Waals surface area contributed by atoms with Crippen molar-refractivity contribution in [2.45, 2.75) is 32.2 Å². The quantitative estimate of drug-likeness (QED) is 0.819. The Morgan fingerprint density at radius 2 is 2.33 bits per heavy atom. The van der Waals surface area contributed by atoms with Gasteiger partial charge in [-0.05, 0) is 42.8 Å². The van der Waals surface area contributed by atoms with E-state index in [9.17, 15) is 0 Å². The zero-order valence-electron chi connectivity index (χ0n) is 11.4. The molecule has 0 fully saturated rings. The van der Waals surface area contributed by atoms with Gasteiger partial charge in [-0.2, -0.15) is 11.8 Å². The van der Waals surface area contributed by atoms with E-state index in [0.29, 0.717) is 6.04 Å². The van der Waals surface area contributed by atoms with Crippen LogP contribution in [0.1, 0.15) is 24.5 Å². The summed E-state index contributed by atoms with van der Waals surface area (Å²) < 4.78 is 5.54. The summed E-state index contributed by atoms with van der Waals surface area (Å²) in [5.41, 5.74) is 2.83. The maximum absolute atomic E-state index is 5.54. The summed E-state index contributed by atoms with van der Waals surface area (Å²) in [7, 11) is 0. The third-order valence-electron chi connectivity index (χ3n) is 3.40. The molecule has 1 aromatic carbocycles. The summed E-state index contributed by atoms with van der Waals surface area (Å²) in [5, 5.41) is 3.56. The molecule has 0 bridgehead atoms. The molecule has 0 aliphatic carbocycles. The summed E-state index contributed by atoms with van der Waals surface area (Å²) in [5.74, 6) is 2.29. The van der Waals surface area contributed by atoms with Crippen molar-refractivity contribution in [1.29, 1.82) is 0 Å². The first-order chi connectivity index (χ1) is 8.83. The van der Waals surface area contributed by atoms with Gasteiger partial charge in [0, 0.05) is 18.2 Å². The second-order valence-electron chi connectivity index (χ2n) is 4.79. The van der Waals surface area contributed by atoms with Crippen LogP contribution in [0.25, 0.3) is 0 Å². The maximum Gasteiger partial charge on any atom is 0.122 e. The van der Waals surface area contributed by atoms with Gasteiger partial charge in [-0.25, -0.2) is 0 Å². The Morgan fingerprint density at radius 3 is 3.11 bits per heavy atom. The lowest BCUT2D eigenvalue weighted by Gasteiger charge is -2.16. The number of fused-ring (bicyclic) bond motifs is 1. The summed E-state index contributed by atoms with van der Waals surface area (Å²) in [6.07, 6.45) is 5.63. The predicted molar refractivity (Wildman–Crippen MR) is 79.8 cm³/mol. The molecule has 0 aromatic heterocycles. The van der Waals surface area contributed by atoms with E-state index in [-0.39, 0.29) is 0 Å². The number of thioether (sulfide) groups is 1. The maximum atomic E-state index is 5.54. The van der Waals surface area contributed by atoms with Crippen LogP contribution in [0.3, 0.4) is 0 Å². The molecule has 2 rings (SSSR count). The minimum atomic E-state index is 0.634. The monoisotopic (exact) mass is 265 g/mol. The van der Waals surface area contributed by atoms with Crippen LogP contribution in [-0.2, 0) is 12.8 Å². The molecule has 0 saturated heterocycles. The molecule has 18 heavy (non-hydrogen) atoms. The lowest BCUT2D eigenvalue weighted by molar-refractivity contribution is 0.357. The summed E-state index contributed by atoms with van der Waals surface area (Å²) in [6, 6.07) is 7.31. The molecule has 2 nitrogen and oxygen atoms in total. The van der Waals surface area contributed by atoms with Crippen LogP contribution in [0.4, 0.5) is 0 Å². The first-order valence-corrected chi connectivity index (χ1v) is 8.19. The summed E-state index contributed by atoms with van der Waals surface area (Å²) in [4.78, 5) is 0. The van der Waals surface area contributed by atoms with E-state index in [0.717, 1.165) is 31.7 Å². The van der Waals surface area contributed by atoms with Gasteiger partial charge in [-0.3, -0.25) is 0 Å². The van der Waals surface area contributed by atoms with E-state index in [1.165, 1.54) is 23.3 Å². The third-order valence-corrected chi connectivity index (χ3v) is 4.13. The van der Waals surface area contributed by atoms with Crippen molar-refractivity contribution in [3.8, 4) is 5.75 Å². The van der Waals surface area contributed by atoms with Crippen LogP contribution in [0.5, 0.6) is 5.75 Å². The van der Waals surface area contributed by atoms with Gasteiger partial charge in [0.2, 0.25) is 0 Å². The molecular weight excluding hydrogens is 242 g/mol. The normalized spacial score (nSPS) is 15.2. The molecular formula is C15H23NOS. The molecule has 1 aliphatic rings. The Kier molecular flexibility index (Phi) is 5.39. The molecule has 1 heterocycles. The van der Waals surface area contributed by atoms with Crippen molar-refractivity contribution in [3.05, 3.63) is 29.3 Å². The Bertz CT molecular complexity index is 375. The average Bonchev–Trinajstić information content (AvgIpc) is 2.84. The van der Waals surface area contributed by atoms with Crippen molar-refractivity contribution in [3.63, 3.8) is 0 Å². The van der Waals surface area contributed by atoms with E-state index in [4.69, 9.17) is 4.74 Å². The fourth-order valence-electron chi connectivity index (χ4n) is 2.47. The molecule has 3 heteroatoms. The molecule has 100 valence electrons. The fraction of sp³-hybridized carbons (Fsp3) is 0.600. The van der Waals surface area contributed by atoms with Gasteiger partial charge in [0.05, 0.1) is 6.61 Å². The van der Waals surface area contributed by atoms with Gasteiger partial charge in [0.1, 0.15) is 5.75 Å². The summed E-state index contributed by atoms with van der Waals surface area (Å²) in [6.45, 7) is 4.09. The van der Waals surface area contributed by atoms with Crippen LogP contribution < -0.4 is 10.1 Å².